The summed E-state index contributed by atoms with van der Waals surface area (Å²) in [7, 11) is 3.93. The molecule has 6 rings (SSSR count). The smallest absolute Gasteiger partial charge is 0.258 e. The summed E-state index contributed by atoms with van der Waals surface area (Å²) in [5.41, 5.74) is 4.03. The van der Waals surface area contributed by atoms with Crippen LogP contribution in [0.1, 0.15) is 16.1 Å². The Morgan fingerprint density at radius 1 is 1.02 bits per heavy atom. The van der Waals surface area contributed by atoms with Crippen LogP contribution in [-0.2, 0) is 18.4 Å². The predicted molar refractivity (Wildman–Crippen MR) is 164 cm³/mol. The summed E-state index contributed by atoms with van der Waals surface area (Å²) < 4.78 is 9.82. The molecule has 3 aromatic heterocycles. The van der Waals surface area contributed by atoms with Crippen LogP contribution in [0.15, 0.2) is 54.7 Å². The Balaban J connectivity index is 1.32. The molecule has 2 bridgehead atoms. The minimum Gasteiger partial charge on any atom is -0.475 e. The van der Waals surface area contributed by atoms with E-state index in [1.54, 1.807) is 41.0 Å². The van der Waals surface area contributed by atoms with Crippen molar-refractivity contribution in [2.45, 2.75) is 13.5 Å². The van der Waals surface area contributed by atoms with Gasteiger partial charge in [0.25, 0.3) is 5.91 Å². The molecular weight excluding hydrogens is 546 g/mol. The number of nitrogens with one attached hydrogen (secondary N) is 1. The number of pyridine rings is 1. The molecule has 0 saturated carbocycles. The first kappa shape index (κ1) is 28.6. The first-order valence-corrected chi connectivity index (χ1v) is 14.6. The second-order valence-electron chi connectivity index (χ2n) is 11.1. The molecule has 0 unspecified atom stereocenters. The largest absolute Gasteiger partial charge is 0.475 e. The summed E-state index contributed by atoms with van der Waals surface area (Å²) in [6, 6.07) is 11.2. The van der Waals surface area contributed by atoms with Crippen molar-refractivity contribution in [3.63, 3.8) is 0 Å². The number of ether oxygens (including phenoxy) is 1. The van der Waals surface area contributed by atoms with Gasteiger partial charge in [0, 0.05) is 70.2 Å². The molecule has 2 aliphatic heterocycles. The molecule has 1 fully saturated rings. The number of aryl methyl sites for hydroxylation is 2. The van der Waals surface area contributed by atoms with E-state index in [2.05, 4.69) is 32.2 Å². The maximum Gasteiger partial charge on any atom is 0.258 e. The molecule has 5 heterocycles. The van der Waals surface area contributed by atoms with Crippen molar-refractivity contribution in [2.24, 2.45) is 7.05 Å². The number of para-hydroxylation sites is 2. The van der Waals surface area contributed by atoms with Crippen molar-refractivity contribution in [3.8, 4) is 17.1 Å². The van der Waals surface area contributed by atoms with E-state index >= 15 is 0 Å². The normalized spacial score (nSPS) is 17.2. The number of benzene rings is 1. The molecule has 0 atom stereocenters. The average Bonchev–Trinajstić information content (AvgIpc) is 3.54. The number of hydrogen-bond donors (Lipinski definition) is 1. The number of carbonyl (C=O) groups is 2. The zero-order chi connectivity index (χ0) is 29.9. The van der Waals surface area contributed by atoms with E-state index < -0.39 is 0 Å². The number of anilines is 1. The maximum absolute atomic E-state index is 13.5. The molecule has 2 aliphatic rings. The predicted octanol–water partition coefficient (Wildman–Crippen LogP) is 2.42. The summed E-state index contributed by atoms with van der Waals surface area (Å²) in [5, 5.41) is 7.39. The Hall–Kier alpha value is -4.55. The number of amides is 2. The van der Waals surface area contributed by atoms with Crippen molar-refractivity contribution in [1.29, 1.82) is 0 Å². The molecule has 12 nitrogen and oxygen atoms in total. The van der Waals surface area contributed by atoms with E-state index in [0.717, 1.165) is 43.8 Å². The molecule has 43 heavy (non-hydrogen) atoms. The van der Waals surface area contributed by atoms with Gasteiger partial charge in [-0.05, 0) is 38.2 Å². The summed E-state index contributed by atoms with van der Waals surface area (Å²) in [5.74, 6) is 0.556. The number of likely N-dealkylation sites (N-methyl/N-ethyl adjacent to an activating group) is 1. The fourth-order valence-corrected chi connectivity index (χ4v) is 5.53. The van der Waals surface area contributed by atoms with E-state index in [4.69, 9.17) is 9.72 Å². The van der Waals surface area contributed by atoms with Crippen molar-refractivity contribution >= 4 is 28.8 Å². The lowest BCUT2D eigenvalue weighted by molar-refractivity contribution is -0.126. The third-order valence-electron chi connectivity index (χ3n) is 7.98. The molecule has 0 aliphatic carbocycles. The Bertz CT molecular complexity index is 1670. The third-order valence-corrected chi connectivity index (χ3v) is 7.98. The standard InChI is InChI=1S/C31H37N9O3/c1-22-19-23-20-26(33-22)24-21-32-37(3)30(24)43-18-17-39(28(41)9-6-10-38-13-11-36(2)12-14-38)15-16-40-27-8-5-4-7-25(27)34-31(40)35-29(23)42/h4-9,19-21H,10-18H2,1-3H3,(H,34,35,42)/b9-6+. The van der Waals surface area contributed by atoms with Crippen LogP contribution in [0.25, 0.3) is 22.3 Å². The van der Waals surface area contributed by atoms with Gasteiger partial charge in [-0.1, -0.05) is 18.2 Å². The van der Waals surface area contributed by atoms with Crippen LogP contribution in [0.5, 0.6) is 5.88 Å². The lowest BCUT2D eigenvalue weighted by Gasteiger charge is -2.31. The van der Waals surface area contributed by atoms with Gasteiger partial charge < -0.3 is 19.1 Å². The van der Waals surface area contributed by atoms with Gasteiger partial charge in [-0.25, -0.2) is 9.67 Å². The summed E-state index contributed by atoms with van der Waals surface area (Å²) in [6.07, 6.45) is 5.29. The summed E-state index contributed by atoms with van der Waals surface area (Å²) >= 11 is 0. The monoisotopic (exact) mass is 583 g/mol. The van der Waals surface area contributed by atoms with E-state index in [-0.39, 0.29) is 18.4 Å². The average molecular weight is 584 g/mol. The SMILES string of the molecule is Cc1cc2cc(n1)-c1cnn(C)c1OCCN(C(=O)/C=C/CN1CCN(C)CC1)CCn1c(nc3ccccc31)NC2=O. The van der Waals surface area contributed by atoms with Crippen molar-refractivity contribution < 1.29 is 14.3 Å². The zero-order valence-electron chi connectivity index (χ0n) is 24.9. The van der Waals surface area contributed by atoms with Gasteiger partial charge in [0.2, 0.25) is 17.7 Å². The fraction of sp³-hybridized carbons (Fsp3) is 0.387. The number of rotatable bonds is 3. The second kappa shape index (κ2) is 12.4. The minimum atomic E-state index is -0.302. The molecule has 1 saturated heterocycles. The highest BCUT2D eigenvalue weighted by Crippen LogP contribution is 2.30. The van der Waals surface area contributed by atoms with Gasteiger partial charge in [-0.3, -0.25) is 24.8 Å². The molecular formula is C31H37N9O3. The highest BCUT2D eigenvalue weighted by Gasteiger charge is 2.21. The molecule has 12 heteroatoms. The number of fused-ring (bicyclic) bond motifs is 7. The van der Waals surface area contributed by atoms with E-state index in [1.807, 2.05) is 41.8 Å². The Morgan fingerprint density at radius 3 is 2.67 bits per heavy atom. The number of aromatic nitrogens is 5. The molecule has 0 spiro atoms. The van der Waals surface area contributed by atoms with E-state index in [0.29, 0.717) is 54.0 Å². The minimum absolute atomic E-state index is 0.0915. The van der Waals surface area contributed by atoms with Crippen LogP contribution >= 0.6 is 0 Å². The van der Waals surface area contributed by atoms with Gasteiger partial charge in [-0.2, -0.15) is 5.10 Å². The Labute approximate surface area is 250 Å². The topological polar surface area (TPSA) is 114 Å². The van der Waals surface area contributed by atoms with Gasteiger partial charge in [0.05, 0.1) is 35.0 Å². The molecule has 1 aromatic carbocycles. The van der Waals surface area contributed by atoms with Crippen LogP contribution < -0.4 is 10.1 Å². The van der Waals surface area contributed by atoms with Crippen LogP contribution in [-0.4, -0.2) is 110 Å². The second-order valence-corrected chi connectivity index (χ2v) is 11.1. The number of hydrogen-bond acceptors (Lipinski definition) is 8. The van der Waals surface area contributed by atoms with Gasteiger partial charge >= 0.3 is 0 Å². The Kier molecular flexibility index (Phi) is 8.21. The van der Waals surface area contributed by atoms with Crippen molar-refractivity contribution in [3.05, 3.63) is 66.0 Å². The van der Waals surface area contributed by atoms with Gasteiger partial charge in [0.15, 0.2) is 0 Å². The van der Waals surface area contributed by atoms with E-state index in [9.17, 15) is 9.59 Å². The number of piperazine rings is 1. The summed E-state index contributed by atoms with van der Waals surface area (Å²) in [6.45, 7) is 8.06. The number of nitrogens with zero attached hydrogens (tertiary/aromatic N) is 8. The van der Waals surface area contributed by atoms with E-state index in [1.165, 1.54) is 0 Å². The molecule has 4 aromatic rings. The van der Waals surface area contributed by atoms with Gasteiger partial charge in [0.1, 0.15) is 6.61 Å². The first-order valence-electron chi connectivity index (χ1n) is 14.6. The van der Waals surface area contributed by atoms with Crippen molar-refractivity contribution in [2.75, 3.05) is 64.8 Å². The molecule has 2 amide bonds. The summed E-state index contributed by atoms with van der Waals surface area (Å²) in [4.78, 5) is 42.9. The highest BCUT2D eigenvalue weighted by molar-refractivity contribution is 6.04. The third kappa shape index (κ3) is 6.30. The van der Waals surface area contributed by atoms with Crippen molar-refractivity contribution in [1.82, 2.24) is 39.0 Å². The first-order chi connectivity index (χ1) is 20.9. The molecule has 1 N–H and O–H groups in total. The fourth-order valence-electron chi connectivity index (χ4n) is 5.53. The van der Waals surface area contributed by atoms with Crippen LogP contribution in [0, 0.1) is 6.92 Å². The Morgan fingerprint density at radius 2 is 1.84 bits per heavy atom. The lowest BCUT2D eigenvalue weighted by atomic mass is 10.1. The van der Waals surface area contributed by atoms with Crippen LogP contribution in [0.4, 0.5) is 5.95 Å². The van der Waals surface area contributed by atoms with Crippen LogP contribution in [0.3, 0.4) is 0 Å². The quantitative estimate of drug-likeness (QED) is 0.366. The maximum atomic E-state index is 13.5. The van der Waals surface area contributed by atoms with Crippen LogP contribution in [0.2, 0.25) is 0 Å². The molecule has 0 radical (unpaired) electrons. The number of imidazole rings is 1. The van der Waals surface area contributed by atoms with Gasteiger partial charge in [-0.15, -0.1) is 0 Å². The zero-order valence-corrected chi connectivity index (χ0v) is 24.9. The highest BCUT2D eigenvalue weighted by atomic mass is 16.5. The lowest BCUT2D eigenvalue weighted by Crippen LogP contribution is -2.44. The number of carbonyl (C=O) groups excluding carboxylic acids is 2. The molecule has 224 valence electrons.